The summed E-state index contributed by atoms with van der Waals surface area (Å²) in [4.78, 5) is 30.5. The molecular weight excluding hydrogens is 475 g/mol. The van der Waals surface area contributed by atoms with Gasteiger partial charge in [-0.25, -0.2) is 9.67 Å². The number of hydrogen-bond acceptors (Lipinski definition) is 5. The van der Waals surface area contributed by atoms with E-state index in [-0.39, 0.29) is 17.3 Å². The maximum Gasteiger partial charge on any atom is 0.417 e. The Morgan fingerprint density at radius 2 is 1.91 bits per heavy atom. The summed E-state index contributed by atoms with van der Waals surface area (Å²) in [7, 11) is 0. The fraction of sp³-hybridized carbons (Fsp3) is 0.0952. The van der Waals surface area contributed by atoms with Gasteiger partial charge in [0.2, 0.25) is 5.91 Å². The highest BCUT2D eigenvalue weighted by atomic mass is 35.5. The first-order chi connectivity index (χ1) is 16.1. The smallest absolute Gasteiger partial charge is 0.355 e. The van der Waals surface area contributed by atoms with Crippen LogP contribution in [-0.4, -0.2) is 36.8 Å². The Morgan fingerprint density at radius 1 is 1.12 bits per heavy atom. The zero-order valence-corrected chi connectivity index (χ0v) is 18.1. The molecule has 0 saturated carbocycles. The Hall–Kier alpha value is -4.19. The monoisotopic (exact) mass is 489 g/mol. The maximum absolute atomic E-state index is 12.8. The van der Waals surface area contributed by atoms with E-state index in [1.165, 1.54) is 30.1 Å². The fourth-order valence-electron chi connectivity index (χ4n) is 2.99. The number of carbonyl (C=O) groups is 2. The summed E-state index contributed by atoms with van der Waals surface area (Å²) in [5.74, 6) is -0.417. The summed E-state index contributed by atoms with van der Waals surface area (Å²) < 4.78 is 39.9. The van der Waals surface area contributed by atoms with E-state index in [2.05, 4.69) is 30.9 Å². The fourth-order valence-corrected chi connectivity index (χ4v) is 3.28. The van der Waals surface area contributed by atoms with E-state index in [1.807, 2.05) is 0 Å². The number of aromatic amines is 1. The summed E-state index contributed by atoms with van der Waals surface area (Å²) in [6.45, 7) is 1.38. The first-order valence-electron chi connectivity index (χ1n) is 9.63. The number of rotatable bonds is 5. The SMILES string of the molecule is CC(=O)Nc1ccc(-c2cn(-c3c[nH]c(C(=O)Nc4ccc(C(F)(F)F)c(Cl)c4)c3)nn2)cn1. The molecule has 174 valence electrons. The predicted molar refractivity (Wildman–Crippen MR) is 118 cm³/mol. The molecule has 0 spiro atoms. The molecule has 0 radical (unpaired) electrons. The molecule has 4 rings (SSSR count). The highest BCUT2D eigenvalue weighted by Gasteiger charge is 2.33. The third kappa shape index (κ3) is 5.07. The van der Waals surface area contributed by atoms with Gasteiger partial charge in [0.25, 0.3) is 5.91 Å². The van der Waals surface area contributed by atoms with E-state index in [0.717, 1.165) is 18.2 Å². The van der Waals surface area contributed by atoms with Crippen LogP contribution in [0.3, 0.4) is 0 Å². The molecule has 0 atom stereocenters. The number of pyridine rings is 1. The topological polar surface area (TPSA) is 118 Å². The Labute approximate surface area is 195 Å². The van der Waals surface area contributed by atoms with E-state index in [4.69, 9.17) is 11.6 Å². The van der Waals surface area contributed by atoms with Gasteiger partial charge in [-0.2, -0.15) is 13.2 Å². The minimum Gasteiger partial charge on any atom is -0.355 e. The van der Waals surface area contributed by atoms with Crippen molar-refractivity contribution in [3.8, 4) is 16.9 Å². The van der Waals surface area contributed by atoms with Crippen LogP contribution in [0.15, 0.2) is 55.0 Å². The average Bonchev–Trinajstić information content (AvgIpc) is 3.43. The Kier molecular flexibility index (Phi) is 6.07. The molecule has 0 bridgehead atoms. The Morgan fingerprint density at radius 3 is 2.56 bits per heavy atom. The number of anilines is 2. The van der Waals surface area contributed by atoms with Crippen molar-refractivity contribution < 1.29 is 22.8 Å². The second kappa shape index (κ2) is 8.98. The van der Waals surface area contributed by atoms with Gasteiger partial charge in [-0.05, 0) is 36.4 Å². The first kappa shape index (κ1) is 23.0. The van der Waals surface area contributed by atoms with Crippen LogP contribution in [0, 0.1) is 0 Å². The molecule has 0 unspecified atom stereocenters. The first-order valence-corrected chi connectivity index (χ1v) is 10.0. The molecule has 0 saturated heterocycles. The third-order valence-electron chi connectivity index (χ3n) is 4.57. The number of amides is 2. The summed E-state index contributed by atoms with van der Waals surface area (Å²) in [6, 6.07) is 7.79. The minimum atomic E-state index is -4.59. The second-order valence-corrected chi connectivity index (χ2v) is 7.49. The lowest BCUT2D eigenvalue weighted by Gasteiger charge is -2.10. The molecule has 3 heterocycles. The Bertz CT molecular complexity index is 1360. The molecule has 3 N–H and O–H groups in total. The van der Waals surface area contributed by atoms with Crippen molar-refractivity contribution >= 4 is 34.9 Å². The van der Waals surface area contributed by atoms with Crippen LogP contribution in [-0.2, 0) is 11.0 Å². The number of halogens is 4. The van der Waals surface area contributed by atoms with E-state index in [0.29, 0.717) is 22.8 Å². The van der Waals surface area contributed by atoms with Crippen LogP contribution in [0.5, 0.6) is 0 Å². The minimum absolute atomic E-state index is 0.109. The van der Waals surface area contributed by atoms with Crippen LogP contribution in [0.2, 0.25) is 5.02 Å². The lowest BCUT2D eigenvalue weighted by atomic mass is 10.2. The van der Waals surface area contributed by atoms with Crippen LogP contribution in [0.25, 0.3) is 16.9 Å². The Balaban J connectivity index is 1.46. The van der Waals surface area contributed by atoms with E-state index in [9.17, 15) is 22.8 Å². The van der Waals surface area contributed by atoms with Crippen molar-refractivity contribution in [1.29, 1.82) is 0 Å². The molecule has 13 heteroatoms. The van der Waals surface area contributed by atoms with Crippen molar-refractivity contribution in [1.82, 2.24) is 25.0 Å². The third-order valence-corrected chi connectivity index (χ3v) is 4.88. The van der Waals surface area contributed by atoms with Gasteiger partial charge in [-0.1, -0.05) is 16.8 Å². The van der Waals surface area contributed by atoms with Gasteiger partial charge >= 0.3 is 6.18 Å². The van der Waals surface area contributed by atoms with Crippen molar-refractivity contribution in [3.63, 3.8) is 0 Å². The summed E-state index contributed by atoms with van der Waals surface area (Å²) in [6.07, 6.45) is 0.0831. The molecule has 0 aliphatic carbocycles. The van der Waals surface area contributed by atoms with Crippen LogP contribution >= 0.6 is 11.6 Å². The molecular formula is C21H15ClF3N7O2. The maximum atomic E-state index is 12.8. The van der Waals surface area contributed by atoms with Gasteiger partial charge in [-0.15, -0.1) is 5.10 Å². The number of alkyl halides is 3. The lowest BCUT2D eigenvalue weighted by Crippen LogP contribution is -2.13. The molecule has 0 aliphatic heterocycles. The zero-order chi connectivity index (χ0) is 24.5. The summed E-state index contributed by atoms with van der Waals surface area (Å²) in [5, 5.41) is 12.6. The number of H-pyrrole nitrogens is 1. The second-order valence-electron chi connectivity index (χ2n) is 7.08. The van der Waals surface area contributed by atoms with Crippen LogP contribution < -0.4 is 10.6 Å². The van der Waals surface area contributed by atoms with Gasteiger partial charge in [0.15, 0.2) is 0 Å². The lowest BCUT2D eigenvalue weighted by molar-refractivity contribution is -0.137. The largest absolute Gasteiger partial charge is 0.417 e. The van der Waals surface area contributed by atoms with Gasteiger partial charge < -0.3 is 15.6 Å². The van der Waals surface area contributed by atoms with Crippen LogP contribution in [0.4, 0.5) is 24.7 Å². The molecule has 0 aliphatic rings. The molecule has 9 nitrogen and oxygen atoms in total. The van der Waals surface area contributed by atoms with E-state index >= 15 is 0 Å². The normalized spacial score (nSPS) is 11.3. The van der Waals surface area contributed by atoms with Gasteiger partial charge in [0.1, 0.15) is 17.2 Å². The van der Waals surface area contributed by atoms with Crippen molar-refractivity contribution in [2.24, 2.45) is 0 Å². The number of hydrogen-bond donors (Lipinski definition) is 3. The van der Waals surface area contributed by atoms with Gasteiger partial charge in [0.05, 0.1) is 22.5 Å². The van der Waals surface area contributed by atoms with Crippen molar-refractivity contribution in [2.45, 2.75) is 13.1 Å². The van der Waals surface area contributed by atoms with Crippen molar-refractivity contribution in [3.05, 3.63) is 71.3 Å². The van der Waals surface area contributed by atoms with Gasteiger partial charge in [0, 0.05) is 30.6 Å². The predicted octanol–water partition coefficient (Wildman–Crippen LogP) is 4.54. The van der Waals surface area contributed by atoms with Crippen molar-refractivity contribution in [2.75, 3.05) is 10.6 Å². The highest BCUT2D eigenvalue weighted by Crippen LogP contribution is 2.35. The number of benzene rings is 1. The van der Waals surface area contributed by atoms with E-state index < -0.39 is 22.7 Å². The number of nitrogens with zero attached hydrogens (tertiary/aromatic N) is 4. The standard InChI is InChI=1S/C21H15ClF3N7O2/c1-11(33)28-19-5-2-12(8-27-19)18-10-32(31-30-18)14-7-17(26-9-14)20(34)29-13-3-4-15(16(22)6-13)21(23,24)25/h2-10,26H,1H3,(H,29,34)(H,27,28,33). The molecule has 34 heavy (non-hydrogen) atoms. The number of carbonyl (C=O) groups excluding carboxylic acids is 2. The molecule has 2 amide bonds. The highest BCUT2D eigenvalue weighted by molar-refractivity contribution is 6.31. The quantitative estimate of drug-likeness (QED) is 0.380. The van der Waals surface area contributed by atoms with E-state index in [1.54, 1.807) is 18.3 Å². The number of aromatic nitrogens is 5. The number of nitrogens with one attached hydrogen (secondary N) is 3. The molecule has 3 aromatic heterocycles. The summed E-state index contributed by atoms with van der Waals surface area (Å²) >= 11 is 5.69. The van der Waals surface area contributed by atoms with Crippen LogP contribution in [0.1, 0.15) is 23.0 Å². The summed E-state index contributed by atoms with van der Waals surface area (Å²) in [5.41, 5.74) is 0.928. The van der Waals surface area contributed by atoms with Gasteiger partial charge in [-0.3, -0.25) is 9.59 Å². The molecule has 1 aromatic carbocycles. The molecule has 0 fully saturated rings. The average molecular weight is 490 g/mol. The molecule has 4 aromatic rings. The zero-order valence-electron chi connectivity index (χ0n) is 17.3.